The quantitative estimate of drug-likeness (QED) is 0.678. The number of hydrogen-bond donors (Lipinski definition) is 2. The monoisotopic (exact) mass is 344 g/mol. The zero-order valence-corrected chi connectivity index (χ0v) is 14.9. The summed E-state index contributed by atoms with van der Waals surface area (Å²) >= 11 is 1.40. The number of halogens is 1. The van der Waals surface area contributed by atoms with Crippen LogP contribution in [0.4, 0.5) is 4.39 Å². The zero-order chi connectivity index (χ0) is 17.3. The van der Waals surface area contributed by atoms with Gasteiger partial charge in [-0.2, -0.15) is 0 Å². The molecule has 2 N–H and O–H groups in total. The van der Waals surface area contributed by atoms with Crippen molar-refractivity contribution in [2.75, 3.05) is 13.1 Å². The molecule has 0 radical (unpaired) electrons. The average Bonchev–Trinajstić information content (AvgIpc) is 3.09. The first-order valence-electron chi connectivity index (χ1n) is 8.29. The lowest BCUT2D eigenvalue weighted by molar-refractivity contribution is 0.635. The number of aromatic amines is 1. The molecule has 0 bridgehead atoms. The van der Waals surface area contributed by atoms with Crippen molar-refractivity contribution in [3.05, 3.63) is 50.9 Å². The second kappa shape index (κ2) is 6.87. The summed E-state index contributed by atoms with van der Waals surface area (Å²) in [5.74, 6) is -0.365. The van der Waals surface area contributed by atoms with Crippen LogP contribution in [0.5, 0.6) is 0 Å². The third-order valence-corrected chi connectivity index (χ3v) is 5.15. The molecule has 0 spiro atoms. The Kier molecular flexibility index (Phi) is 4.83. The minimum Gasteiger partial charge on any atom is -0.318 e. The standard InChI is InChI=1S/C17H15FN2OS.C2H6/c1-9-8-12(18)15-14(13(9)10-2-5-19-6-3-10)11-4-7-22-16(11)17(21)20-15;1-2/h2,4,7-8,19H,3,5-6H2,1H3,(H,20,21);1-2H3. The lowest BCUT2D eigenvalue weighted by Gasteiger charge is -2.19. The number of benzene rings is 1. The highest BCUT2D eigenvalue weighted by Gasteiger charge is 2.19. The summed E-state index contributed by atoms with van der Waals surface area (Å²) in [6.45, 7) is 7.67. The van der Waals surface area contributed by atoms with Crippen molar-refractivity contribution in [2.45, 2.75) is 27.2 Å². The Morgan fingerprint density at radius 3 is 2.79 bits per heavy atom. The molecule has 0 amide bonds. The van der Waals surface area contributed by atoms with Crippen molar-refractivity contribution in [3.8, 4) is 0 Å². The van der Waals surface area contributed by atoms with Gasteiger partial charge in [0.15, 0.2) is 0 Å². The summed E-state index contributed by atoms with van der Waals surface area (Å²) in [6, 6.07) is 3.44. The van der Waals surface area contributed by atoms with Crippen LogP contribution in [0.3, 0.4) is 0 Å². The molecule has 3 nitrogen and oxygen atoms in total. The highest BCUT2D eigenvalue weighted by molar-refractivity contribution is 7.17. The van der Waals surface area contributed by atoms with Crippen LogP contribution >= 0.6 is 11.3 Å². The van der Waals surface area contributed by atoms with E-state index in [4.69, 9.17) is 0 Å². The molecule has 1 aliphatic heterocycles. The molecule has 24 heavy (non-hydrogen) atoms. The van der Waals surface area contributed by atoms with Gasteiger partial charge in [-0.15, -0.1) is 11.3 Å². The fourth-order valence-electron chi connectivity index (χ4n) is 3.28. The Hall–Kier alpha value is -1.98. The van der Waals surface area contributed by atoms with Crippen molar-refractivity contribution in [1.29, 1.82) is 0 Å². The van der Waals surface area contributed by atoms with Crippen molar-refractivity contribution >= 4 is 37.9 Å². The van der Waals surface area contributed by atoms with E-state index in [-0.39, 0.29) is 11.4 Å². The van der Waals surface area contributed by atoms with Gasteiger partial charge < -0.3 is 10.3 Å². The Balaban J connectivity index is 0.000000815. The number of aromatic nitrogens is 1. The van der Waals surface area contributed by atoms with Crippen LogP contribution in [0.15, 0.2) is 28.4 Å². The summed E-state index contributed by atoms with van der Waals surface area (Å²) in [7, 11) is 0. The molecule has 0 saturated heterocycles. The molecular formula is C19H21FN2OS. The van der Waals surface area contributed by atoms with Crippen LogP contribution < -0.4 is 10.9 Å². The molecule has 2 aromatic heterocycles. The zero-order valence-electron chi connectivity index (χ0n) is 14.1. The highest BCUT2D eigenvalue weighted by Crippen LogP contribution is 2.36. The molecule has 4 rings (SSSR count). The Labute approximate surface area is 144 Å². The van der Waals surface area contributed by atoms with E-state index in [0.29, 0.717) is 10.2 Å². The molecule has 5 heteroatoms. The van der Waals surface area contributed by atoms with Gasteiger partial charge in [0.05, 0.1) is 5.52 Å². The Bertz CT molecular complexity index is 984. The van der Waals surface area contributed by atoms with Gasteiger partial charge in [0.1, 0.15) is 10.5 Å². The first-order valence-corrected chi connectivity index (χ1v) is 9.17. The number of hydrogen-bond acceptors (Lipinski definition) is 3. The predicted octanol–water partition coefficient (Wildman–Crippen LogP) is 4.59. The highest BCUT2D eigenvalue weighted by atomic mass is 32.1. The maximum absolute atomic E-state index is 14.4. The molecule has 0 saturated carbocycles. The van der Waals surface area contributed by atoms with E-state index in [1.54, 1.807) is 0 Å². The smallest absolute Gasteiger partial charge is 0.266 e. The number of H-pyrrole nitrogens is 1. The SMILES string of the molecule is CC.Cc1cc(F)c2[nH]c(=O)c3sccc3c2c1C1=CCNCC1. The first kappa shape index (κ1) is 16.9. The van der Waals surface area contributed by atoms with Crippen LogP contribution in [-0.2, 0) is 0 Å². The molecule has 126 valence electrons. The molecule has 3 aromatic rings. The van der Waals surface area contributed by atoms with E-state index < -0.39 is 0 Å². The van der Waals surface area contributed by atoms with Crippen molar-refractivity contribution in [3.63, 3.8) is 0 Å². The van der Waals surface area contributed by atoms with E-state index in [1.165, 1.54) is 23.0 Å². The molecule has 0 aliphatic carbocycles. The Morgan fingerprint density at radius 2 is 2.08 bits per heavy atom. The van der Waals surface area contributed by atoms with Gasteiger partial charge in [-0.3, -0.25) is 4.79 Å². The van der Waals surface area contributed by atoms with Crippen LogP contribution in [0.25, 0.3) is 26.6 Å². The summed E-state index contributed by atoms with van der Waals surface area (Å²) in [5.41, 5.74) is 3.30. The summed E-state index contributed by atoms with van der Waals surface area (Å²) in [5, 5.41) is 6.87. The fraction of sp³-hybridized carbons (Fsp3) is 0.316. The number of rotatable bonds is 1. The summed E-state index contributed by atoms with van der Waals surface area (Å²) in [6.07, 6.45) is 3.07. The van der Waals surface area contributed by atoms with E-state index in [9.17, 15) is 9.18 Å². The van der Waals surface area contributed by atoms with Crippen LogP contribution in [0.2, 0.25) is 0 Å². The number of thiophene rings is 1. The van der Waals surface area contributed by atoms with Gasteiger partial charge in [0.25, 0.3) is 5.56 Å². The molecule has 3 heterocycles. The van der Waals surface area contributed by atoms with E-state index >= 15 is 0 Å². The normalized spacial score (nSPS) is 14.4. The van der Waals surface area contributed by atoms with E-state index in [0.717, 1.165) is 41.4 Å². The van der Waals surface area contributed by atoms with Crippen LogP contribution in [0.1, 0.15) is 31.4 Å². The van der Waals surface area contributed by atoms with Crippen LogP contribution in [0, 0.1) is 12.7 Å². The van der Waals surface area contributed by atoms with Crippen molar-refractivity contribution in [2.24, 2.45) is 0 Å². The maximum Gasteiger partial charge on any atom is 0.266 e. The largest absolute Gasteiger partial charge is 0.318 e. The number of nitrogens with one attached hydrogen (secondary N) is 2. The number of aryl methyl sites for hydroxylation is 1. The molecule has 0 unspecified atom stereocenters. The molecule has 0 atom stereocenters. The molecule has 1 aliphatic rings. The maximum atomic E-state index is 14.4. The van der Waals surface area contributed by atoms with Gasteiger partial charge >= 0.3 is 0 Å². The van der Waals surface area contributed by atoms with E-state index in [2.05, 4.69) is 16.4 Å². The lowest BCUT2D eigenvalue weighted by Crippen LogP contribution is -2.20. The van der Waals surface area contributed by atoms with Gasteiger partial charge in [-0.25, -0.2) is 4.39 Å². The molecular weight excluding hydrogens is 323 g/mol. The lowest BCUT2D eigenvalue weighted by atomic mass is 9.91. The predicted molar refractivity (Wildman–Crippen MR) is 101 cm³/mol. The first-order chi connectivity index (χ1) is 11.7. The van der Waals surface area contributed by atoms with Crippen molar-refractivity contribution < 1.29 is 4.39 Å². The Morgan fingerprint density at radius 1 is 1.29 bits per heavy atom. The fourth-order valence-corrected chi connectivity index (χ4v) is 4.08. The number of pyridine rings is 1. The van der Waals surface area contributed by atoms with Gasteiger partial charge in [-0.05, 0) is 54.1 Å². The topological polar surface area (TPSA) is 44.9 Å². The summed E-state index contributed by atoms with van der Waals surface area (Å²) in [4.78, 5) is 14.9. The summed E-state index contributed by atoms with van der Waals surface area (Å²) < 4.78 is 15.1. The minimum absolute atomic E-state index is 0.217. The second-order valence-electron chi connectivity index (χ2n) is 5.60. The minimum atomic E-state index is -0.365. The van der Waals surface area contributed by atoms with E-state index in [1.807, 2.05) is 32.2 Å². The van der Waals surface area contributed by atoms with Crippen LogP contribution in [-0.4, -0.2) is 18.1 Å². The van der Waals surface area contributed by atoms with Gasteiger partial charge in [-0.1, -0.05) is 19.9 Å². The third-order valence-electron chi connectivity index (χ3n) is 4.24. The average molecular weight is 344 g/mol. The molecule has 1 aromatic carbocycles. The third kappa shape index (κ3) is 2.68. The van der Waals surface area contributed by atoms with Crippen molar-refractivity contribution in [1.82, 2.24) is 10.3 Å². The number of fused-ring (bicyclic) bond motifs is 3. The second-order valence-corrected chi connectivity index (χ2v) is 6.52. The molecule has 0 fully saturated rings. The van der Waals surface area contributed by atoms with Gasteiger partial charge in [0, 0.05) is 17.3 Å². The van der Waals surface area contributed by atoms with Gasteiger partial charge in [0.2, 0.25) is 0 Å².